The second-order valence-electron chi connectivity index (χ2n) is 2.21. The van der Waals surface area contributed by atoms with Gasteiger partial charge < -0.3 is 14.6 Å². The number of hydrogen-bond donors (Lipinski definition) is 1. The van der Waals surface area contributed by atoms with E-state index in [0.29, 0.717) is 0 Å². The molecule has 0 amide bonds. The maximum atomic E-state index is 11.1. The Bertz CT molecular complexity index is 324. The molecule has 5 nitrogen and oxygen atoms in total. The molecular weight excluding hydrogens is 174 g/mol. The van der Waals surface area contributed by atoms with Gasteiger partial charge in [-0.25, -0.2) is 9.78 Å². The molecule has 0 saturated carbocycles. The van der Waals surface area contributed by atoms with Crippen molar-refractivity contribution in [3.8, 4) is 11.6 Å². The molecule has 0 atom stereocenters. The average molecular weight is 183 g/mol. The van der Waals surface area contributed by atoms with E-state index in [9.17, 15) is 9.90 Å². The predicted molar refractivity (Wildman–Crippen MR) is 43.8 cm³/mol. The van der Waals surface area contributed by atoms with Crippen molar-refractivity contribution in [2.45, 2.75) is 0 Å². The zero-order chi connectivity index (χ0) is 9.84. The lowest BCUT2D eigenvalue weighted by molar-refractivity contribution is 0.0592. The highest BCUT2D eigenvalue weighted by atomic mass is 16.5. The van der Waals surface area contributed by atoms with Gasteiger partial charge in [0.15, 0.2) is 5.56 Å². The predicted octanol–water partition coefficient (Wildman–Crippen LogP) is 0.582. The topological polar surface area (TPSA) is 68.7 Å². The summed E-state index contributed by atoms with van der Waals surface area (Å²) < 4.78 is 9.22. The first-order chi connectivity index (χ1) is 6.20. The molecule has 0 aliphatic rings. The molecule has 0 fully saturated rings. The molecule has 13 heavy (non-hydrogen) atoms. The van der Waals surface area contributed by atoms with Gasteiger partial charge in [0.05, 0.1) is 14.2 Å². The number of aromatic nitrogens is 1. The van der Waals surface area contributed by atoms with E-state index >= 15 is 0 Å². The summed E-state index contributed by atoms with van der Waals surface area (Å²) in [6, 6.07) is 1.29. The summed E-state index contributed by atoms with van der Waals surface area (Å²) >= 11 is 0. The van der Waals surface area contributed by atoms with Crippen LogP contribution in [0.1, 0.15) is 10.4 Å². The van der Waals surface area contributed by atoms with Gasteiger partial charge in [-0.15, -0.1) is 0 Å². The van der Waals surface area contributed by atoms with Crippen LogP contribution < -0.4 is 4.74 Å². The highest BCUT2D eigenvalue weighted by Gasteiger charge is 2.18. The second kappa shape index (κ2) is 3.75. The third-order valence-corrected chi connectivity index (χ3v) is 1.48. The summed E-state index contributed by atoms with van der Waals surface area (Å²) in [5.41, 5.74) is -0.0625. The first-order valence-corrected chi connectivity index (χ1v) is 3.51. The quantitative estimate of drug-likeness (QED) is 0.679. The molecule has 1 aromatic heterocycles. The van der Waals surface area contributed by atoms with Crippen LogP contribution in [0.4, 0.5) is 0 Å². The summed E-state index contributed by atoms with van der Waals surface area (Å²) in [7, 11) is 2.57. The van der Waals surface area contributed by atoms with E-state index in [4.69, 9.17) is 4.74 Å². The third kappa shape index (κ3) is 1.69. The molecule has 0 unspecified atom stereocenters. The van der Waals surface area contributed by atoms with E-state index in [1.54, 1.807) is 0 Å². The Balaban J connectivity index is 3.22. The molecule has 0 aliphatic heterocycles. The first-order valence-electron chi connectivity index (χ1n) is 3.51. The number of pyridine rings is 1. The smallest absolute Gasteiger partial charge is 0.347 e. The minimum atomic E-state index is -0.678. The fourth-order valence-corrected chi connectivity index (χ4v) is 0.882. The van der Waals surface area contributed by atoms with E-state index < -0.39 is 5.97 Å². The Labute approximate surface area is 74.9 Å². The average Bonchev–Trinajstić information content (AvgIpc) is 2.16. The maximum absolute atomic E-state index is 11.1. The van der Waals surface area contributed by atoms with Gasteiger partial charge in [-0.2, -0.15) is 0 Å². The Kier molecular flexibility index (Phi) is 2.69. The standard InChI is InChI=1S/C8H9NO4/c1-12-7-6(8(11)13-2)5(10)3-4-9-7/h3-4H,1-2H3,(H,9,10). The zero-order valence-corrected chi connectivity index (χ0v) is 7.27. The van der Waals surface area contributed by atoms with Crippen LogP contribution in [-0.2, 0) is 4.74 Å². The largest absolute Gasteiger partial charge is 0.507 e. The highest BCUT2D eigenvalue weighted by molar-refractivity contribution is 5.94. The molecule has 0 aliphatic carbocycles. The highest BCUT2D eigenvalue weighted by Crippen LogP contribution is 2.24. The van der Waals surface area contributed by atoms with Gasteiger partial charge in [-0.1, -0.05) is 0 Å². The zero-order valence-electron chi connectivity index (χ0n) is 7.27. The van der Waals surface area contributed by atoms with Crippen molar-refractivity contribution in [2.24, 2.45) is 0 Å². The number of esters is 1. The Morgan fingerprint density at radius 1 is 1.54 bits per heavy atom. The minimum absolute atomic E-state index is 0.0480. The summed E-state index contributed by atoms with van der Waals surface area (Å²) in [4.78, 5) is 14.9. The third-order valence-electron chi connectivity index (χ3n) is 1.48. The van der Waals surface area contributed by atoms with Gasteiger partial charge in [-0.05, 0) is 6.07 Å². The number of aromatic hydroxyl groups is 1. The van der Waals surface area contributed by atoms with Crippen LogP contribution in [0, 0.1) is 0 Å². The monoisotopic (exact) mass is 183 g/mol. The second-order valence-corrected chi connectivity index (χ2v) is 2.21. The molecule has 1 rings (SSSR count). The van der Waals surface area contributed by atoms with Gasteiger partial charge in [0.25, 0.3) is 0 Å². The molecule has 70 valence electrons. The minimum Gasteiger partial charge on any atom is -0.507 e. The molecule has 1 heterocycles. The lowest BCUT2D eigenvalue weighted by atomic mass is 10.2. The molecule has 0 saturated heterocycles. The van der Waals surface area contributed by atoms with Gasteiger partial charge in [0.2, 0.25) is 5.88 Å². The van der Waals surface area contributed by atoms with E-state index in [2.05, 4.69) is 9.72 Å². The van der Waals surface area contributed by atoms with Crippen LogP contribution in [0.2, 0.25) is 0 Å². The molecule has 0 aromatic carbocycles. The summed E-state index contributed by atoms with van der Waals surface area (Å²) in [6.45, 7) is 0. The Morgan fingerprint density at radius 2 is 2.23 bits per heavy atom. The normalized spacial score (nSPS) is 9.38. The van der Waals surface area contributed by atoms with Crippen LogP contribution in [0.15, 0.2) is 12.3 Å². The molecule has 0 bridgehead atoms. The summed E-state index contributed by atoms with van der Waals surface area (Å²) in [6.07, 6.45) is 1.33. The maximum Gasteiger partial charge on any atom is 0.347 e. The van der Waals surface area contributed by atoms with Gasteiger partial charge in [-0.3, -0.25) is 0 Å². The molecule has 0 spiro atoms. The number of rotatable bonds is 2. The van der Waals surface area contributed by atoms with Crippen LogP contribution in [-0.4, -0.2) is 30.3 Å². The number of hydrogen-bond acceptors (Lipinski definition) is 5. The van der Waals surface area contributed by atoms with Crippen molar-refractivity contribution in [3.05, 3.63) is 17.8 Å². The summed E-state index contributed by atoms with van der Waals surface area (Å²) in [5, 5.41) is 9.30. The Hall–Kier alpha value is -1.78. The SMILES string of the molecule is COC(=O)c1c(O)ccnc1OC. The van der Waals surface area contributed by atoms with Crippen molar-refractivity contribution in [1.82, 2.24) is 4.98 Å². The van der Waals surface area contributed by atoms with Crippen molar-refractivity contribution in [3.63, 3.8) is 0 Å². The van der Waals surface area contributed by atoms with E-state index in [1.165, 1.54) is 26.5 Å². The molecule has 0 radical (unpaired) electrons. The number of carbonyl (C=O) groups excluding carboxylic acids is 1. The molecule has 5 heteroatoms. The lowest BCUT2D eigenvalue weighted by Crippen LogP contribution is -2.05. The fourth-order valence-electron chi connectivity index (χ4n) is 0.882. The molecule has 1 aromatic rings. The van der Waals surface area contributed by atoms with Crippen molar-refractivity contribution < 1.29 is 19.4 Å². The van der Waals surface area contributed by atoms with Crippen LogP contribution in [0.5, 0.6) is 11.6 Å². The van der Waals surface area contributed by atoms with Crippen LogP contribution in [0.25, 0.3) is 0 Å². The van der Waals surface area contributed by atoms with E-state index in [1.807, 2.05) is 0 Å². The van der Waals surface area contributed by atoms with Crippen molar-refractivity contribution in [1.29, 1.82) is 0 Å². The van der Waals surface area contributed by atoms with Gasteiger partial charge in [0, 0.05) is 6.20 Å². The van der Waals surface area contributed by atoms with Gasteiger partial charge in [0.1, 0.15) is 5.75 Å². The van der Waals surface area contributed by atoms with Crippen molar-refractivity contribution in [2.75, 3.05) is 14.2 Å². The first kappa shape index (κ1) is 9.31. The number of nitrogens with zero attached hydrogens (tertiary/aromatic N) is 1. The fraction of sp³-hybridized carbons (Fsp3) is 0.250. The number of ether oxygens (including phenoxy) is 2. The number of methoxy groups -OCH3 is 2. The van der Waals surface area contributed by atoms with Crippen LogP contribution in [0.3, 0.4) is 0 Å². The van der Waals surface area contributed by atoms with Crippen molar-refractivity contribution >= 4 is 5.97 Å². The molecule has 1 N–H and O–H groups in total. The van der Waals surface area contributed by atoms with E-state index in [-0.39, 0.29) is 17.2 Å². The van der Waals surface area contributed by atoms with Crippen LogP contribution >= 0.6 is 0 Å². The Morgan fingerprint density at radius 3 is 2.77 bits per heavy atom. The number of carbonyl (C=O) groups is 1. The summed E-state index contributed by atoms with van der Waals surface area (Å²) in [5.74, 6) is -0.840. The van der Waals surface area contributed by atoms with Gasteiger partial charge >= 0.3 is 5.97 Å². The van der Waals surface area contributed by atoms with E-state index in [0.717, 1.165) is 0 Å². The lowest BCUT2D eigenvalue weighted by Gasteiger charge is -2.06. The molecular formula is C8H9NO4.